The van der Waals surface area contributed by atoms with Crippen LogP contribution in [0.5, 0.6) is 0 Å². The molecule has 15 nitrogen and oxygen atoms in total. The normalized spacial score (nSPS) is 21.5. The number of hydrogen-bond donors (Lipinski definition) is 7. The Labute approximate surface area is 220 Å². The fraction of sp³-hybridized carbons (Fsp3) is 0.700. The van der Waals surface area contributed by atoms with Crippen LogP contribution in [0.3, 0.4) is 0 Å². The van der Waals surface area contributed by atoms with Gasteiger partial charge in [-0.2, -0.15) is 11.8 Å². The molecule has 0 spiro atoms. The smallest absolute Gasteiger partial charge is 0.326 e. The van der Waals surface area contributed by atoms with E-state index in [2.05, 4.69) is 31.2 Å². The number of urea groups is 1. The largest absolute Gasteiger partial charge is 0.480 e. The van der Waals surface area contributed by atoms with Gasteiger partial charge in [0.25, 0.3) is 0 Å². The van der Waals surface area contributed by atoms with Crippen molar-refractivity contribution in [3.63, 3.8) is 0 Å². The van der Waals surface area contributed by atoms with Crippen LogP contribution in [-0.2, 0) is 24.0 Å². The Morgan fingerprint density at radius 3 is 2.43 bits per heavy atom. The number of nitrogens with one attached hydrogen (secondary N) is 5. The minimum atomic E-state index is -1.32. The van der Waals surface area contributed by atoms with E-state index in [9.17, 15) is 38.8 Å². The number of carboxylic acids is 2. The Kier molecular flexibility index (Phi) is 12.4. The Morgan fingerprint density at radius 1 is 1.05 bits per heavy atom. The van der Waals surface area contributed by atoms with E-state index in [1.54, 1.807) is 11.8 Å². The lowest BCUT2D eigenvalue weighted by Gasteiger charge is -2.18. The maximum Gasteiger partial charge on any atom is 0.326 e. The molecule has 5 amide bonds. The number of carboxylic acid groups (broad SMARTS) is 2. The predicted octanol–water partition coefficient (Wildman–Crippen LogP) is -0.838. The number of unbranched alkanes of at least 4 members (excludes halogenated alkanes) is 1. The molecule has 2 aliphatic rings. The molecule has 0 aromatic carbocycles. The van der Waals surface area contributed by atoms with Crippen molar-refractivity contribution in [1.82, 2.24) is 26.6 Å². The number of nitroso groups, excluding NO2 is 1. The van der Waals surface area contributed by atoms with Crippen molar-refractivity contribution >= 4 is 59.4 Å². The van der Waals surface area contributed by atoms with Gasteiger partial charge in [0.15, 0.2) is 0 Å². The second kappa shape index (κ2) is 15.2. The molecule has 2 heterocycles. The Balaban J connectivity index is 1.72. The summed E-state index contributed by atoms with van der Waals surface area (Å²) in [5.41, 5.74) is 0. The van der Waals surface area contributed by atoms with Crippen molar-refractivity contribution in [3.8, 4) is 0 Å². The van der Waals surface area contributed by atoms with E-state index in [-0.39, 0.29) is 48.4 Å². The van der Waals surface area contributed by atoms with E-state index < -0.39 is 48.3 Å². The number of aliphatic carboxylic acids is 2. The quantitative estimate of drug-likeness (QED) is 0.0500. The second-order valence-electron chi connectivity index (χ2n) is 8.47. The molecule has 0 radical (unpaired) electrons. The molecule has 5 unspecified atom stereocenters. The standard InChI is InChI=1S/C20H30N6O9S2/c27-14(4-2-1-3-13-17-11(8-36-13)24-20(34)25-17)22-10(19(32)33)5-6-15(28)23-12(9-37-26-35)18(31)21-7-16(29)30/h10-13,17H,1-9H2,(H,21,31)(H,22,27)(H,23,28)(H,29,30)(H,32,33)(H2,24,25,34). The molecule has 2 aliphatic heterocycles. The summed E-state index contributed by atoms with van der Waals surface area (Å²) >= 11 is 2.22. The molecule has 0 saturated carbocycles. The summed E-state index contributed by atoms with van der Waals surface area (Å²) in [7, 11) is 0. The van der Waals surface area contributed by atoms with Crippen molar-refractivity contribution in [2.24, 2.45) is 4.58 Å². The lowest BCUT2D eigenvalue weighted by atomic mass is 10.0. The molecule has 206 valence electrons. The van der Waals surface area contributed by atoms with Gasteiger partial charge in [-0.1, -0.05) is 6.42 Å². The van der Waals surface area contributed by atoms with E-state index in [0.29, 0.717) is 18.4 Å². The molecule has 37 heavy (non-hydrogen) atoms. The molecule has 2 fully saturated rings. The zero-order valence-electron chi connectivity index (χ0n) is 19.8. The monoisotopic (exact) mass is 562 g/mol. The SMILES string of the molecule is O=NSCC(NC(=O)CCC(NC(=O)CCCCC1SCC2NC(=O)NC21)C(=O)O)C(=O)NCC(=O)O. The topological polar surface area (TPSA) is 232 Å². The van der Waals surface area contributed by atoms with Crippen LogP contribution in [0.15, 0.2) is 4.58 Å². The fourth-order valence-electron chi connectivity index (χ4n) is 3.91. The van der Waals surface area contributed by atoms with Gasteiger partial charge >= 0.3 is 18.0 Å². The number of fused-ring (bicyclic) bond motifs is 1. The zero-order valence-corrected chi connectivity index (χ0v) is 21.4. The first kappa shape index (κ1) is 30.1. The molecule has 7 N–H and O–H groups in total. The van der Waals surface area contributed by atoms with Gasteiger partial charge in [0.1, 0.15) is 18.6 Å². The van der Waals surface area contributed by atoms with E-state index >= 15 is 0 Å². The van der Waals surface area contributed by atoms with Crippen LogP contribution in [-0.4, -0.2) is 93.4 Å². The Bertz CT molecular complexity index is 892. The van der Waals surface area contributed by atoms with Gasteiger partial charge in [0.2, 0.25) is 17.7 Å². The highest BCUT2D eigenvalue weighted by molar-refractivity contribution is 8.00. The average molecular weight is 563 g/mol. The van der Waals surface area contributed by atoms with Gasteiger partial charge in [-0.05, 0) is 19.3 Å². The van der Waals surface area contributed by atoms with Crippen molar-refractivity contribution in [3.05, 3.63) is 4.91 Å². The molecule has 2 saturated heterocycles. The Hall–Kier alpha value is -3.08. The first-order chi connectivity index (χ1) is 17.6. The lowest BCUT2D eigenvalue weighted by molar-refractivity contribution is -0.142. The minimum absolute atomic E-state index is 0.0741. The predicted molar refractivity (Wildman–Crippen MR) is 134 cm³/mol. The number of thioether (sulfide) groups is 1. The highest BCUT2D eigenvalue weighted by Gasteiger charge is 2.42. The van der Waals surface area contributed by atoms with Gasteiger partial charge in [0.05, 0.1) is 12.1 Å². The summed E-state index contributed by atoms with van der Waals surface area (Å²) in [6.07, 6.45) is 1.58. The highest BCUT2D eigenvalue weighted by atomic mass is 32.2. The molecule has 0 bridgehead atoms. The molecular formula is C20H30N6O9S2. The number of amides is 5. The fourth-order valence-corrected chi connectivity index (χ4v) is 5.90. The van der Waals surface area contributed by atoms with Crippen molar-refractivity contribution in [2.75, 3.05) is 18.1 Å². The summed E-state index contributed by atoms with van der Waals surface area (Å²) in [6, 6.07) is -2.55. The average Bonchev–Trinajstić information content (AvgIpc) is 3.39. The Morgan fingerprint density at radius 2 is 1.76 bits per heavy atom. The summed E-state index contributed by atoms with van der Waals surface area (Å²) in [6.45, 7) is -0.689. The van der Waals surface area contributed by atoms with Crippen LogP contribution in [0.4, 0.5) is 4.79 Å². The third-order valence-electron chi connectivity index (χ3n) is 5.73. The van der Waals surface area contributed by atoms with Gasteiger partial charge in [0, 0.05) is 46.1 Å². The van der Waals surface area contributed by atoms with Crippen LogP contribution >= 0.6 is 23.7 Å². The van der Waals surface area contributed by atoms with Crippen molar-refractivity contribution in [2.45, 2.75) is 67.9 Å². The third kappa shape index (κ3) is 10.4. The zero-order chi connectivity index (χ0) is 27.4. The summed E-state index contributed by atoms with van der Waals surface area (Å²) in [5, 5.41) is 30.9. The maximum atomic E-state index is 12.2. The molecular weight excluding hydrogens is 532 g/mol. The third-order valence-corrected chi connectivity index (χ3v) is 7.83. The summed E-state index contributed by atoms with van der Waals surface area (Å²) < 4.78 is 2.53. The summed E-state index contributed by atoms with van der Waals surface area (Å²) in [4.78, 5) is 80.5. The van der Waals surface area contributed by atoms with E-state index in [1.807, 2.05) is 0 Å². The van der Waals surface area contributed by atoms with E-state index in [4.69, 9.17) is 5.11 Å². The van der Waals surface area contributed by atoms with Crippen molar-refractivity contribution in [1.29, 1.82) is 0 Å². The van der Waals surface area contributed by atoms with Gasteiger partial charge in [-0.15, -0.1) is 4.91 Å². The number of carbonyl (C=O) groups excluding carboxylic acids is 4. The lowest BCUT2D eigenvalue weighted by Crippen LogP contribution is -2.49. The van der Waals surface area contributed by atoms with Crippen molar-refractivity contribution < 1.29 is 39.0 Å². The van der Waals surface area contributed by atoms with Gasteiger partial charge in [-0.25, -0.2) is 9.59 Å². The number of rotatable bonds is 17. The van der Waals surface area contributed by atoms with Crippen LogP contribution in [0.25, 0.3) is 0 Å². The first-order valence-electron chi connectivity index (χ1n) is 11.5. The van der Waals surface area contributed by atoms with Crippen LogP contribution < -0.4 is 26.6 Å². The highest BCUT2D eigenvalue weighted by Crippen LogP contribution is 2.33. The summed E-state index contributed by atoms with van der Waals surface area (Å²) in [5.74, 6) is -4.07. The van der Waals surface area contributed by atoms with E-state index in [1.165, 1.54) is 0 Å². The molecule has 0 aromatic heterocycles. The first-order valence-corrected chi connectivity index (χ1v) is 13.5. The molecule has 2 rings (SSSR count). The van der Waals surface area contributed by atoms with Gasteiger partial charge in [-0.3, -0.25) is 19.2 Å². The molecule has 0 aliphatic carbocycles. The molecule has 0 aromatic rings. The molecule has 17 heteroatoms. The van der Waals surface area contributed by atoms with Crippen LogP contribution in [0, 0.1) is 4.91 Å². The molecule has 5 atom stereocenters. The number of hydrogen-bond acceptors (Lipinski definition) is 10. The van der Waals surface area contributed by atoms with E-state index in [0.717, 1.165) is 18.6 Å². The maximum absolute atomic E-state index is 12.2. The number of nitrogens with zero attached hydrogens (tertiary/aromatic N) is 1. The number of carbonyl (C=O) groups is 6. The van der Waals surface area contributed by atoms with Crippen LogP contribution in [0.1, 0.15) is 38.5 Å². The minimum Gasteiger partial charge on any atom is -0.480 e. The second-order valence-corrected chi connectivity index (χ2v) is 10.5. The van der Waals surface area contributed by atoms with Crippen LogP contribution in [0.2, 0.25) is 0 Å². The van der Waals surface area contributed by atoms with Gasteiger partial charge < -0.3 is 36.8 Å².